The van der Waals surface area contributed by atoms with E-state index < -0.39 is 12.6 Å². The number of aliphatic carboxylic acids is 1. The molecule has 2 N–H and O–H groups in total. The van der Waals surface area contributed by atoms with Crippen molar-refractivity contribution in [3.8, 4) is 17.1 Å². The van der Waals surface area contributed by atoms with Crippen LogP contribution in [0.15, 0.2) is 58.3 Å². The number of nitrogens with one attached hydrogen (secondary N) is 1. The molecule has 9 heteroatoms. The molecular weight excluding hydrogens is 446 g/mol. The van der Waals surface area contributed by atoms with Gasteiger partial charge in [-0.05, 0) is 56.2 Å². The number of hydrogen-bond acceptors (Lipinski definition) is 5. The van der Waals surface area contributed by atoms with Crippen molar-refractivity contribution in [3.63, 3.8) is 0 Å². The number of H-pyrrole nitrogens is 1. The number of aromatic amines is 1. The maximum Gasteiger partial charge on any atom is 0.341 e. The lowest BCUT2D eigenvalue weighted by Crippen LogP contribution is -2.41. The number of carbonyl (C=O) groups is 1. The molecule has 0 unspecified atom stereocenters. The Labute approximate surface area is 202 Å². The molecule has 0 bridgehead atoms. The van der Waals surface area contributed by atoms with Gasteiger partial charge in [0.25, 0.3) is 5.56 Å². The summed E-state index contributed by atoms with van der Waals surface area (Å²) in [4.78, 5) is 37.1. The van der Waals surface area contributed by atoms with Gasteiger partial charge in [0.1, 0.15) is 17.1 Å². The third-order valence-corrected chi connectivity index (χ3v) is 5.53. The molecule has 9 nitrogen and oxygen atoms in total. The molecule has 0 saturated heterocycles. The molecule has 182 valence electrons. The third kappa shape index (κ3) is 5.18. The quantitative estimate of drug-likeness (QED) is 0.380. The highest BCUT2D eigenvalue weighted by molar-refractivity contribution is 5.75. The number of carboxylic acid groups (broad SMARTS) is 1. The Morgan fingerprint density at radius 2 is 1.69 bits per heavy atom. The second-order valence-electron chi connectivity index (χ2n) is 8.35. The van der Waals surface area contributed by atoms with E-state index in [2.05, 4.69) is 11.9 Å². The van der Waals surface area contributed by atoms with Gasteiger partial charge >= 0.3 is 5.97 Å². The number of hydrogen-bond donors (Lipinski definition) is 2. The Kier molecular flexibility index (Phi) is 7.14. The fraction of sp³-hybridized carbons (Fsp3) is 0.308. The van der Waals surface area contributed by atoms with Gasteiger partial charge in [-0.15, -0.1) is 0 Å². The van der Waals surface area contributed by atoms with Crippen LogP contribution in [0, 0.1) is 6.92 Å². The van der Waals surface area contributed by atoms with Gasteiger partial charge in [-0.2, -0.15) is 0 Å². The topological polar surface area (TPSA) is 115 Å². The zero-order chi connectivity index (χ0) is 24.9. The number of rotatable bonds is 9. The van der Waals surface area contributed by atoms with E-state index in [1.807, 2.05) is 42.7 Å². The summed E-state index contributed by atoms with van der Waals surface area (Å²) in [7, 11) is 0. The first kappa shape index (κ1) is 24.0. The number of nitrogens with zero attached hydrogens (tertiary/aromatic N) is 4. The summed E-state index contributed by atoms with van der Waals surface area (Å²) in [5.41, 5.74) is 4.06. The van der Waals surface area contributed by atoms with Gasteiger partial charge in [-0.3, -0.25) is 13.9 Å². The molecule has 35 heavy (non-hydrogen) atoms. The minimum atomic E-state index is -1.04. The SMILES string of the molecule is CCCn1c(=O)c2[nH]c(-c3ccc(OCC(=O)O)cc3)nc2n(CCC)c1=Nc1ccc(C)cc1. The molecule has 0 aliphatic heterocycles. The summed E-state index contributed by atoms with van der Waals surface area (Å²) < 4.78 is 8.92. The van der Waals surface area contributed by atoms with E-state index in [1.165, 1.54) is 0 Å². The van der Waals surface area contributed by atoms with Crippen LogP contribution in [0.5, 0.6) is 5.75 Å². The van der Waals surface area contributed by atoms with E-state index >= 15 is 0 Å². The van der Waals surface area contributed by atoms with Crippen LogP contribution >= 0.6 is 0 Å². The van der Waals surface area contributed by atoms with E-state index in [1.54, 1.807) is 28.8 Å². The minimum Gasteiger partial charge on any atom is -0.482 e. The molecule has 2 aromatic carbocycles. The summed E-state index contributed by atoms with van der Waals surface area (Å²) in [6.07, 6.45) is 1.63. The van der Waals surface area contributed by atoms with Crippen molar-refractivity contribution in [1.82, 2.24) is 19.1 Å². The zero-order valence-corrected chi connectivity index (χ0v) is 20.1. The number of benzene rings is 2. The lowest BCUT2D eigenvalue weighted by molar-refractivity contribution is -0.139. The summed E-state index contributed by atoms with van der Waals surface area (Å²) >= 11 is 0. The Hall–Kier alpha value is -4.14. The summed E-state index contributed by atoms with van der Waals surface area (Å²) in [5, 5.41) is 8.79. The van der Waals surface area contributed by atoms with Crippen molar-refractivity contribution in [2.45, 2.75) is 46.7 Å². The molecular formula is C26H29N5O4. The average Bonchev–Trinajstić information content (AvgIpc) is 3.30. The van der Waals surface area contributed by atoms with Gasteiger partial charge < -0.3 is 14.8 Å². The van der Waals surface area contributed by atoms with Crippen LogP contribution < -0.4 is 15.9 Å². The maximum absolute atomic E-state index is 13.5. The van der Waals surface area contributed by atoms with E-state index in [0.29, 0.717) is 41.4 Å². The molecule has 0 fully saturated rings. The van der Waals surface area contributed by atoms with Crippen LogP contribution in [0.1, 0.15) is 32.3 Å². The first-order valence-corrected chi connectivity index (χ1v) is 11.7. The predicted octanol–water partition coefficient (Wildman–Crippen LogP) is 4.02. The van der Waals surface area contributed by atoms with Crippen molar-refractivity contribution in [1.29, 1.82) is 0 Å². The number of fused-ring (bicyclic) bond motifs is 1. The molecule has 4 rings (SSSR count). The zero-order valence-electron chi connectivity index (χ0n) is 20.1. The lowest BCUT2D eigenvalue weighted by atomic mass is 10.2. The highest BCUT2D eigenvalue weighted by Gasteiger charge is 2.17. The minimum absolute atomic E-state index is 0.166. The highest BCUT2D eigenvalue weighted by atomic mass is 16.5. The van der Waals surface area contributed by atoms with Crippen LogP contribution in [0.4, 0.5) is 5.69 Å². The first-order valence-electron chi connectivity index (χ1n) is 11.7. The Morgan fingerprint density at radius 1 is 1.03 bits per heavy atom. The van der Waals surface area contributed by atoms with Gasteiger partial charge in [0.2, 0.25) is 5.62 Å². The third-order valence-electron chi connectivity index (χ3n) is 5.53. The molecule has 0 aliphatic rings. The molecule has 4 aromatic rings. The first-order chi connectivity index (χ1) is 16.9. The Balaban J connectivity index is 1.89. The van der Waals surface area contributed by atoms with E-state index in [-0.39, 0.29) is 5.56 Å². The van der Waals surface area contributed by atoms with Gasteiger partial charge in [-0.1, -0.05) is 31.5 Å². The second-order valence-corrected chi connectivity index (χ2v) is 8.35. The van der Waals surface area contributed by atoms with Crippen molar-refractivity contribution in [3.05, 3.63) is 70.1 Å². The Bertz CT molecular complexity index is 1460. The molecule has 0 radical (unpaired) electrons. The molecule has 0 saturated carbocycles. The van der Waals surface area contributed by atoms with Gasteiger partial charge in [0.15, 0.2) is 12.3 Å². The van der Waals surface area contributed by atoms with Crippen LogP contribution in [0.25, 0.3) is 22.6 Å². The number of carboxylic acids is 1. The Morgan fingerprint density at radius 3 is 2.31 bits per heavy atom. The van der Waals surface area contributed by atoms with Crippen LogP contribution in [0.3, 0.4) is 0 Å². The second kappa shape index (κ2) is 10.4. The molecule has 0 spiro atoms. The average molecular weight is 476 g/mol. The number of aromatic nitrogens is 4. The largest absolute Gasteiger partial charge is 0.482 e. The van der Waals surface area contributed by atoms with Crippen molar-refractivity contribution >= 4 is 22.8 Å². The summed E-state index contributed by atoms with van der Waals surface area (Å²) in [6, 6.07) is 14.8. The molecule has 2 aromatic heterocycles. The van der Waals surface area contributed by atoms with Crippen molar-refractivity contribution in [2.75, 3.05) is 6.61 Å². The summed E-state index contributed by atoms with van der Waals surface area (Å²) in [6.45, 7) is 6.90. The fourth-order valence-corrected chi connectivity index (χ4v) is 3.88. The standard InChI is InChI=1S/C26H29N5O4/c1-4-14-30-24-22(28-23(29-24)18-8-12-20(13-9-18)35-16-21(32)33)25(34)31(15-5-2)26(30)27-19-10-6-17(3)7-11-19/h6-13H,4-5,14-16H2,1-3H3,(H,28,29)(H,32,33). The molecule has 0 aliphatic carbocycles. The number of imidazole rings is 1. The normalized spacial score (nSPS) is 11.8. The van der Waals surface area contributed by atoms with Crippen LogP contribution in [-0.2, 0) is 17.9 Å². The molecule has 2 heterocycles. The van der Waals surface area contributed by atoms with Crippen LogP contribution in [-0.4, -0.2) is 36.8 Å². The van der Waals surface area contributed by atoms with E-state index in [0.717, 1.165) is 29.7 Å². The lowest BCUT2D eigenvalue weighted by Gasteiger charge is -2.13. The van der Waals surface area contributed by atoms with Crippen molar-refractivity contribution < 1.29 is 14.6 Å². The maximum atomic E-state index is 13.5. The van der Waals surface area contributed by atoms with E-state index in [4.69, 9.17) is 19.8 Å². The van der Waals surface area contributed by atoms with Gasteiger partial charge in [-0.25, -0.2) is 14.8 Å². The number of ether oxygens (including phenoxy) is 1. The fourth-order valence-electron chi connectivity index (χ4n) is 3.88. The number of aryl methyl sites for hydroxylation is 2. The van der Waals surface area contributed by atoms with E-state index in [9.17, 15) is 9.59 Å². The van der Waals surface area contributed by atoms with Gasteiger partial charge in [0, 0.05) is 18.7 Å². The van der Waals surface area contributed by atoms with Crippen LogP contribution in [0.2, 0.25) is 0 Å². The monoisotopic (exact) mass is 475 g/mol. The van der Waals surface area contributed by atoms with Crippen molar-refractivity contribution in [2.24, 2.45) is 4.99 Å². The smallest absolute Gasteiger partial charge is 0.341 e. The highest BCUT2D eigenvalue weighted by Crippen LogP contribution is 2.22. The van der Waals surface area contributed by atoms with Gasteiger partial charge in [0.05, 0.1) is 5.69 Å². The predicted molar refractivity (Wildman–Crippen MR) is 134 cm³/mol. The molecule has 0 amide bonds. The summed E-state index contributed by atoms with van der Waals surface area (Å²) in [5.74, 6) is -0.0536. The molecule has 0 atom stereocenters.